The van der Waals surface area contributed by atoms with E-state index < -0.39 is 4.70 Å². The third kappa shape index (κ3) is 6.88. The maximum atomic E-state index is 5.12. The van der Waals surface area contributed by atoms with Crippen molar-refractivity contribution >= 4 is 15.9 Å². The smallest absolute Gasteiger partial charge is 0.323 e. The molecule has 1 saturated heterocycles. The topological polar surface area (TPSA) is 25.1 Å². The van der Waals surface area contributed by atoms with Gasteiger partial charge in [0.25, 0.3) is 0 Å². The zero-order valence-corrected chi connectivity index (χ0v) is 15.4. The Morgan fingerprint density at radius 2 is 1.30 bits per heavy atom. The average Bonchev–Trinajstić information content (AvgIpc) is 3.08. The standard InChI is InChI=1S/C16H33BrNO2/c1-5-6-7-8-9-10-11-12-13-14-15(18(2,3)4)16(17)19-20-16/h15H,5-14H2,1-4H3/q+1. The lowest BCUT2D eigenvalue weighted by molar-refractivity contribution is -0.899. The van der Waals surface area contributed by atoms with Gasteiger partial charge in [-0.3, -0.25) is 0 Å². The van der Waals surface area contributed by atoms with Gasteiger partial charge >= 0.3 is 4.70 Å². The monoisotopic (exact) mass is 350 g/mol. The summed E-state index contributed by atoms with van der Waals surface area (Å²) in [5.74, 6) is 0. The van der Waals surface area contributed by atoms with Crippen molar-refractivity contribution in [2.75, 3.05) is 21.1 Å². The number of hydrogen-bond donors (Lipinski definition) is 0. The van der Waals surface area contributed by atoms with E-state index in [1.165, 1.54) is 57.8 Å². The van der Waals surface area contributed by atoms with Gasteiger partial charge < -0.3 is 4.48 Å². The highest BCUT2D eigenvalue weighted by Crippen LogP contribution is 2.44. The summed E-state index contributed by atoms with van der Waals surface area (Å²) in [5.41, 5.74) is 0. The molecule has 3 nitrogen and oxygen atoms in total. The molecule has 1 aliphatic rings. The Morgan fingerprint density at radius 1 is 0.850 bits per heavy atom. The van der Waals surface area contributed by atoms with E-state index in [2.05, 4.69) is 44.0 Å². The maximum Gasteiger partial charge on any atom is 0.337 e. The van der Waals surface area contributed by atoms with E-state index in [-0.39, 0.29) is 0 Å². The molecule has 0 saturated carbocycles. The van der Waals surface area contributed by atoms with Crippen LogP contribution >= 0.6 is 15.9 Å². The predicted octanol–water partition coefficient (Wildman–Crippen LogP) is 4.99. The number of halogens is 1. The van der Waals surface area contributed by atoms with Gasteiger partial charge in [0.15, 0.2) is 6.04 Å². The van der Waals surface area contributed by atoms with Gasteiger partial charge in [-0.15, -0.1) is 0 Å². The van der Waals surface area contributed by atoms with Crippen molar-refractivity contribution in [2.24, 2.45) is 0 Å². The quantitative estimate of drug-likeness (QED) is 0.163. The Morgan fingerprint density at radius 3 is 1.70 bits per heavy atom. The molecular weight excluding hydrogens is 318 g/mol. The predicted molar refractivity (Wildman–Crippen MR) is 87.5 cm³/mol. The van der Waals surface area contributed by atoms with Gasteiger partial charge in [0, 0.05) is 6.42 Å². The summed E-state index contributed by atoms with van der Waals surface area (Å²) >= 11 is 3.55. The van der Waals surface area contributed by atoms with Gasteiger partial charge in [-0.2, -0.15) is 9.78 Å². The van der Waals surface area contributed by atoms with Crippen LogP contribution in [0.25, 0.3) is 0 Å². The first-order valence-electron chi connectivity index (χ1n) is 8.27. The molecule has 120 valence electrons. The molecule has 1 fully saturated rings. The van der Waals surface area contributed by atoms with Gasteiger partial charge in [-0.1, -0.05) is 58.3 Å². The van der Waals surface area contributed by atoms with E-state index >= 15 is 0 Å². The number of quaternary nitrogens is 1. The van der Waals surface area contributed by atoms with Crippen molar-refractivity contribution in [1.29, 1.82) is 0 Å². The average molecular weight is 351 g/mol. The summed E-state index contributed by atoms with van der Waals surface area (Å²) in [7, 11) is 6.60. The van der Waals surface area contributed by atoms with E-state index in [1.807, 2.05) is 0 Å². The van der Waals surface area contributed by atoms with Crippen molar-refractivity contribution in [3.8, 4) is 0 Å². The van der Waals surface area contributed by atoms with Crippen LogP contribution in [0.2, 0.25) is 0 Å². The Hall–Kier alpha value is 0.360. The summed E-state index contributed by atoms with van der Waals surface area (Å²) in [5, 5.41) is 0. The number of nitrogens with zero attached hydrogens (tertiary/aromatic N) is 1. The Balaban J connectivity index is 2.04. The van der Waals surface area contributed by atoms with Crippen molar-refractivity contribution in [3.05, 3.63) is 0 Å². The molecule has 0 aromatic heterocycles. The second kappa shape index (κ2) is 8.72. The van der Waals surface area contributed by atoms with Gasteiger partial charge in [-0.25, -0.2) is 0 Å². The van der Waals surface area contributed by atoms with Gasteiger partial charge in [-0.05, 0) is 22.4 Å². The minimum Gasteiger partial charge on any atom is -0.323 e. The molecule has 0 aliphatic carbocycles. The van der Waals surface area contributed by atoms with Crippen LogP contribution in [0.3, 0.4) is 0 Å². The normalized spacial score (nSPS) is 19.1. The van der Waals surface area contributed by atoms with Crippen molar-refractivity contribution in [3.63, 3.8) is 0 Å². The number of unbranched alkanes of at least 4 members (excludes halogenated alkanes) is 8. The molecule has 1 atom stereocenters. The van der Waals surface area contributed by atoms with Crippen LogP contribution in [0.1, 0.15) is 71.1 Å². The molecule has 1 aliphatic heterocycles. The van der Waals surface area contributed by atoms with Crippen LogP contribution in [0.5, 0.6) is 0 Å². The Kier molecular flexibility index (Phi) is 8.02. The van der Waals surface area contributed by atoms with Crippen LogP contribution in [0.15, 0.2) is 0 Å². The molecular formula is C16H33BrNO2+. The van der Waals surface area contributed by atoms with E-state index in [4.69, 9.17) is 9.78 Å². The first-order chi connectivity index (χ1) is 9.40. The third-order valence-corrected chi connectivity index (χ3v) is 4.95. The zero-order chi connectivity index (χ0) is 15.1. The Bertz CT molecular complexity index is 256. The molecule has 0 aromatic rings. The highest BCUT2D eigenvalue weighted by molar-refractivity contribution is 9.10. The lowest BCUT2D eigenvalue weighted by Crippen LogP contribution is -2.51. The second-order valence-corrected chi connectivity index (χ2v) is 8.10. The molecule has 0 N–H and O–H groups in total. The Labute approximate surface area is 133 Å². The largest absolute Gasteiger partial charge is 0.337 e. The van der Waals surface area contributed by atoms with Crippen LogP contribution in [-0.2, 0) is 9.78 Å². The van der Waals surface area contributed by atoms with Crippen LogP contribution in [0, 0.1) is 0 Å². The highest BCUT2D eigenvalue weighted by Gasteiger charge is 2.59. The fraction of sp³-hybridized carbons (Fsp3) is 1.00. The molecule has 0 spiro atoms. The summed E-state index contributed by atoms with van der Waals surface area (Å²) < 4.78 is 0.341. The molecule has 0 bridgehead atoms. The zero-order valence-electron chi connectivity index (χ0n) is 13.8. The van der Waals surface area contributed by atoms with E-state index in [9.17, 15) is 0 Å². The van der Waals surface area contributed by atoms with Gasteiger partial charge in [0.1, 0.15) is 0 Å². The number of rotatable bonds is 12. The maximum absolute atomic E-state index is 5.12. The SMILES string of the molecule is CCCCCCCCCCCC(C1(Br)OO1)[N+](C)(C)C. The fourth-order valence-electron chi connectivity index (χ4n) is 2.82. The summed E-state index contributed by atoms with van der Waals surface area (Å²) in [6.45, 7) is 2.27. The van der Waals surface area contributed by atoms with Crippen molar-refractivity contribution < 1.29 is 14.3 Å². The van der Waals surface area contributed by atoms with E-state index in [1.54, 1.807) is 0 Å². The van der Waals surface area contributed by atoms with Crippen LogP contribution in [-0.4, -0.2) is 36.4 Å². The van der Waals surface area contributed by atoms with Crippen molar-refractivity contribution in [2.45, 2.75) is 81.9 Å². The van der Waals surface area contributed by atoms with E-state index in [0.717, 1.165) is 10.9 Å². The summed E-state index contributed by atoms with van der Waals surface area (Å²) in [4.78, 5) is 10.2. The van der Waals surface area contributed by atoms with Crippen LogP contribution in [0.4, 0.5) is 0 Å². The number of likely N-dealkylation sites (N-methyl/N-ethyl adjacent to an activating group) is 1. The highest BCUT2D eigenvalue weighted by atomic mass is 79.9. The minimum atomic E-state index is -0.522. The fourth-order valence-corrected chi connectivity index (χ4v) is 3.73. The lowest BCUT2D eigenvalue weighted by atomic mass is 10.0. The molecule has 0 aromatic carbocycles. The molecule has 4 heteroatoms. The minimum absolute atomic E-state index is 0.354. The summed E-state index contributed by atoms with van der Waals surface area (Å²) in [6, 6.07) is 0.354. The molecule has 0 radical (unpaired) electrons. The summed E-state index contributed by atoms with van der Waals surface area (Å²) in [6.07, 6.45) is 13.5. The van der Waals surface area contributed by atoms with Crippen LogP contribution < -0.4 is 0 Å². The lowest BCUT2D eigenvalue weighted by Gasteiger charge is -2.34. The number of alkyl halides is 1. The second-order valence-electron chi connectivity index (χ2n) is 7.00. The molecule has 0 amide bonds. The van der Waals surface area contributed by atoms with Crippen molar-refractivity contribution in [1.82, 2.24) is 0 Å². The first-order valence-corrected chi connectivity index (χ1v) is 9.06. The van der Waals surface area contributed by atoms with Gasteiger partial charge in [0.2, 0.25) is 0 Å². The van der Waals surface area contributed by atoms with E-state index in [0.29, 0.717) is 6.04 Å². The molecule has 1 heterocycles. The number of hydrogen-bond acceptors (Lipinski definition) is 2. The molecule has 20 heavy (non-hydrogen) atoms. The first kappa shape index (κ1) is 18.4. The molecule has 1 unspecified atom stereocenters. The van der Waals surface area contributed by atoms with Gasteiger partial charge in [0.05, 0.1) is 21.1 Å². The third-order valence-electron chi connectivity index (χ3n) is 4.16. The molecule has 1 rings (SSSR count).